The lowest BCUT2D eigenvalue weighted by molar-refractivity contribution is 0.0478. The maximum absolute atomic E-state index is 13.0. The van der Waals surface area contributed by atoms with Crippen molar-refractivity contribution in [1.29, 1.82) is 0 Å². The van der Waals surface area contributed by atoms with Gasteiger partial charge in [0.15, 0.2) is 0 Å². The molecule has 0 fully saturated rings. The third kappa shape index (κ3) is 3.03. The number of fused-ring (bicyclic) bond motifs is 1. The second-order valence-corrected chi connectivity index (χ2v) is 5.70. The van der Waals surface area contributed by atoms with Crippen molar-refractivity contribution < 1.29 is 13.9 Å². The van der Waals surface area contributed by atoms with Gasteiger partial charge >= 0.3 is 5.97 Å². The van der Waals surface area contributed by atoms with Crippen molar-refractivity contribution in [2.45, 2.75) is 6.61 Å². The van der Waals surface area contributed by atoms with Crippen LogP contribution in [0.4, 0.5) is 10.1 Å². The largest absolute Gasteiger partial charge is 0.457 e. The normalized spacial score (nSPS) is 10.7. The Morgan fingerprint density at radius 3 is 2.86 bits per heavy atom. The topological polar surface area (TPSA) is 52.3 Å². The van der Waals surface area contributed by atoms with Crippen molar-refractivity contribution in [2.24, 2.45) is 0 Å². The van der Waals surface area contributed by atoms with Gasteiger partial charge in [0.05, 0.1) is 0 Å². The summed E-state index contributed by atoms with van der Waals surface area (Å²) < 4.78 is 19.2. The standard InChI is InChI=1S/C16H12FNO2S/c17-12-3-1-2-10(6-12)9-20-16(19)15-8-11-7-13(18)4-5-14(11)21-15/h1-8H,9,18H2. The Morgan fingerprint density at radius 1 is 1.19 bits per heavy atom. The van der Waals surface area contributed by atoms with E-state index in [2.05, 4.69) is 0 Å². The van der Waals surface area contributed by atoms with Crippen LogP contribution in [-0.2, 0) is 11.3 Å². The molecule has 3 aromatic rings. The van der Waals surface area contributed by atoms with Crippen molar-refractivity contribution in [3.05, 3.63) is 64.8 Å². The van der Waals surface area contributed by atoms with E-state index < -0.39 is 5.97 Å². The van der Waals surface area contributed by atoms with Crippen molar-refractivity contribution >= 4 is 33.1 Å². The van der Waals surface area contributed by atoms with Gasteiger partial charge in [-0.05, 0) is 47.3 Å². The molecule has 5 heteroatoms. The summed E-state index contributed by atoms with van der Waals surface area (Å²) in [7, 11) is 0. The fraction of sp³-hybridized carbons (Fsp3) is 0.0625. The van der Waals surface area contributed by atoms with E-state index in [1.54, 1.807) is 24.3 Å². The minimum Gasteiger partial charge on any atom is -0.457 e. The van der Waals surface area contributed by atoms with Gasteiger partial charge in [0.25, 0.3) is 0 Å². The molecule has 0 unspecified atom stereocenters. The highest BCUT2D eigenvalue weighted by Gasteiger charge is 2.12. The third-order valence-corrected chi connectivity index (χ3v) is 4.10. The summed E-state index contributed by atoms with van der Waals surface area (Å²) in [4.78, 5) is 12.5. The third-order valence-electron chi connectivity index (χ3n) is 3.00. The molecule has 0 spiro atoms. The van der Waals surface area contributed by atoms with Crippen molar-refractivity contribution in [2.75, 3.05) is 5.73 Å². The molecule has 3 nitrogen and oxygen atoms in total. The first kappa shape index (κ1) is 13.6. The summed E-state index contributed by atoms with van der Waals surface area (Å²) >= 11 is 1.35. The average Bonchev–Trinajstić information content (AvgIpc) is 2.88. The zero-order valence-corrected chi connectivity index (χ0v) is 11.8. The van der Waals surface area contributed by atoms with E-state index >= 15 is 0 Å². The van der Waals surface area contributed by atoms with Gasteiger partial charge in [0, 0.05) is 10.4 Å². The van der Waals surface area contributed by atoms with E-state index in [9.17, 15) is 9.18 Å². The van der Waals surface area contributed by atoms with E-state index in [-0.39, 0.29) is 12.4 Å². The van der Waals surface area contributed by atoms with Gasteiger partial charge < -0.3 is 10.5 Å². The monoisotopic (exact) mass is 301 g/mol. The number of nitrogen functional groups attached to an aromatic ring is 1. The van der Waals surface area contributed by atoms with E-state index in [4.69, 9.17) is 10.5 Å². The number of esters is 1. The van der Waals surface area contributed by atoms with Gasteiger partial charge in [-0.3, -0.25) is 0 Å². The maximum atomic E-state index is 13.0. The first-order valence-electron chi connectivity index (χ1n) is 6.32. The molecule has 1 heterocycles. The van der Waals surface area contributed by atoms with E-state index in [0.717, 1.165) is 10.1 Å². The minimum absolute atomic E-state index is 0.0486. The Kier molecular flexibility index (Phi) is 3.58. The molecule has 0 amide bonds. The van der Waals surface area contributed by atoms with E-state index in [1.807, 2.05) is 12.1 Å². The second kappa shape index (κ2) is 5.54. The van der Waals surface area contributed by atoms with E-state index in [0.29, 0.717) is 16.1 Å². The molecule has 0 aliphatic heterocycles. The molecule has 0 aliphatic carbocycles. The number of thiophene rings is 1. The number of carbonyl (C=O) groups is 1. The number of rotatable bonds is 3. The fourth-order valence-electron chi connectivity index (χ4n) is 2.01. The molecule has 106 valence electrons. The highest BCUT2D eigenvalue weighted by molar-refractivity contribution is 7.20. The Bertz CT molecular complexity index is 813. The molecule has 0 atom stereocenters. The molecule has 2 aromatic carbocycles. The van der Waals surface area contributed by atoms with Crippen LogP contribution in [0.3, 0.4) is 0 Å². The summed E-state index contributed by atoms with van der Waals surface area (Å²) in [5.41, 5.74) is 6.98. The number of carbonyl (C=O) groups excluding carboxylic acids is 1. The molecular formula is C16H12FNO2S. The molecular weight excluding hydrogens is 289 g/mol. The lowest BCUT2D eigenvalue weighted by Crippen LogP contribution is -2.03. The summed E-state index contributed by atoms with van der Waals surface area (Å²) in [5.74, 6) is -0.764. The number of halogens is 1. The van der Waals surface area contributed by atoms with Crippen LogP contribution in [0.5, 0.6) is 0 Å². The second-order valence-electron chi connectivity index (χ2n) is 4.61. The van der Waals surface area contributed by atoms with Crippen molar-refractivity contribution in [3.8, 4) is 0 Å². The number of hydrogen-bond donors (Lipinski definition) is 1. The molecule has 0 saturated carbocycles. The molecule has 2 N–H and O–H groups in total. The number of nitrogens with two attached hydrogens (primary N) is 1. The van der Waals surface area contributed by atoms with Crippen LogP contribution in [0.25, 0.3) is 10.1 Å². The zero-order valence-electron chi connectivity index (χ0n) is 11.0. The molecule has 0 bridgehead atoms. The Balaban J connectivity index is 1.74. The van der Waals surface area contributed by atoms with Crippen LogP contribution < -0.4 is 5.73 Å². The van der Waals surface area contributed by atoms with Crippen LogP contribution in [0.15, 0.2) is 48.5 Å². The minimum atomic E-state index is -0.418. The summed E-state index contributed by atoms with van der Waals surface area (Å²) in [6.45, 7) is 0.0486. The first-order chi connectivity index (χ1) is 10.1. The quantitative estimate of drug-likeness (QED) is 0.588. The van der Waals surface area contributed by atoms with Crippen molar-refractivity contribution in [1.82, 2.24) is 0 Å². The lowest BCUT2D eigenvalue weighted by atomic mass is 10.2. The van der Waals surface area contributed by atoms with Crippen LogP contribution in [0.1, 0.15) is 15.2 Å². The average molecular weight is 301 g/mol. The SMILES string of the molecule is Nc1ccc2sc(C(=O)OCc3cccc(F)c3)cc2c1. The smallest absolute Gasteiger partial charge is 0.348 e. The van der Waals surface area contributed by atoms with Gasteiger partial charge in [-0.1, -0.05) is 12.1 Å². The van der Waals surface area contributed by atoms with Crippen LogP contribution in [-0.4, -0.2) is 5.97 Å². The molecule has 0 saturated heterocycles. The number of benzene rings is 2. The Hall–Kier alpha value is -2.40. The lowest BCUT2D eigenvalue weighted by Gasteiger charge is -2.03. The number of anilines is 1. The van der Waals surface area contributed by atoms with Gasteiger partial charge in [0.1, 0.15) is 17.3 Å². The summed E-state index contributed by atoms with van der Waals surface area (Å²) in [5, 5.41) is 0.915. The van der Waals surface area contributed by atoms with Crippen LogP contribution in [0.2, 0.25) is 0 Å². The summed E-state index contributed by atoms with van der Waals surface area (Å²) in [6.07, 6.45) is 0. The fourth-order valence-corrected chi connectivity index (χ4v) is 2.95. The van der Waals surface area contributed by atoms with Crippen LogP contribution in [0, 0.1) is 5.82 Å². The zero-order chi connectivity index (χ0) is 14.8. The van der Waals surface area contributed by atoms with Gasteiger partial charge in [-0.15, -0.1) is 11.3 Å². The van der Waals surface area contributed by atoms with Gasteiger partial charge in [-0.2, -0.15) is 0 Å². The predicted molar refractivity (Wildman–Crippen MR) is 81.8 cm³/mol. The molecule has 0 aliphatic rings. The predicted octanol–water partition coefficient (Wildman–Crippen LogP) is 3.98. The van der Waals surface area contributed by atoms with Crippen molar-refractivity contribution in [3.63, 3.8) is 0 Å². The number of ether oxygens (including phenoxy) is 1. The van der Waals surface area contributed by atoms with Gasteiger partial charge in [0.2, 0.25) is 0 Å². The highest BCUT2D eigenvalue weighted by Crippen LogP contribution is 2.28. The van der Waals surface area contributed by atoms with Crippen LogP contribution >= 0.6 is 11.3 Å². The maximum Gasteiger partial charge on any atom is 0.348 e. The molecule has 3 rings (SSSR count). The van der Waals surface area contributed by atoms with E-state index in [1.165, 1.54) is 23.5 Å². The summed E-state index contributed by atoms with van der Waals surface area (Å²) in [6, 6.07) is 13.2. The highest BCUT2D eigenvalue weighted by atomic mass is 32.1. The molecule has 21 heavy (non-hydrogen) atoms. The first-order valence-corrected chi connectivity index (χ1v) is 7.14. The Labute approximate surface area is 124 Å². The number of hydrogen-bond acceptors (Lipinski definition) is 4. The molecule has 0 radical (unpaired) electrons. The Morgan fingerprint density at radius 2 is 2.05 bits per heavy atom. The molecule has 1 aromatic heterocycles. The van der Waals surface area contributed by atoms with Gasteiger partial charge in [-0.25, -0.2) is 9.18 Å².